The number of likely N-dealkylation sites (tertiary alicyclic amines) is 1. The van der Waals surface area contributed by atoms with Gasteiger partial charge in [-0.15, -0.1) is 11.3 Å². The van der Waals surface area contributed by atoms with Crippen LogP contribution in [-0.2, 0) is 0 Å². The summed E-state index contributed by atoms with van der Waals surface area (Å²) in [7, 11) is 0. The van der Waals surface area contributed by atoms with Gasteiger partial charge in [-0.05, 0) is 59.3 Å². The van der Waals surface area contributed by atoms with Gasteiger partial charge in [0.15, 0.2) is 0 Å². The number of piperidine rings is 1. The summed E-state index contributed by atoms with van der Waals surface area (Å²) < 4.78 is 0.729. The molecular formula is C23H22BrN3O2S. The number of hydrogen-bond donors (Lipinski definition) is 1. The van der Waals surface area contributed by atoms with Crippen molar-refractivity contribution in [3.63, 3.8) is 0 Å². The van der Waals surface area contributed by atoms with E-state index < -0.39 is 0 Å². The number of hydrogen-bond acceptors (Lipinski definition) is 4. The van der Waals surface area contributed by atoms with Crippen molar-refractivity contribution < 1.29 is 9.59 Å². The number of nitrogens with one attached hydrogen (secondary N) is 1. The molecule has 0 bridgehead atoms. The summed E-state index contributed by atoms with van der Waals surface area (Å²) in [6.45, 7) is 3.49. The Morgan fingerprint density at radius 3 is 2.53 bits per heavy atom. The first-order chi connectivity index (χ1) is 14.5. The molecule has 4 rings (SSSR count). The summed E-state index contributed by atoms with van der Waals surface area (Å²) in [6, 6.07) is 11.7. The molecule has 1 saturated heterocycles. The third kappa shape index (κ3) is 4.32. The van der Waals surface area contributed by atoms with Crippen molar-refractivity contribution in [2.45, 2.75) is 26.2 Å². The number of pyridine rings is 1. The number of aromatic nitrogens is 1. The van der Waals surface area contributed by atoms with Crippen LogP contribution < -0.4 is 5.32 Å². The van der Waals surface area contributed by atoms with Crippen molar-refractivity contribution in [1.29, 1.82) is 0 Å². The average molecular weight is 484 g/mol. The van der Waals surface area contributed by atoms with Crippen LogP contribution in [0.2, 0.25) is 0 Å². The Hall–Kier alpha value is -2.51. The lowest BCUT2D eigenvalue weighted by Gasteiger charge is -2.27. The second-order valence-corrected chi connectivity index (χ2v) is 9.26. The molecule has 3 aromatic rings. The molecule has 1 N–H and O–H groups in total. The van der Waals surface area contributed by atoms with Crippen LogP contribution in [0.4, 0.5) is 5.00 Å². The topological polar surface area (TPSA) is 62.3 Å². The first kappa shape index (κ1) is 20.8. The van der Waals surface area contributed by atoms with Crippen LogP contribution in [0.25, 0.3) is 10.4 Å². The van der Waals surface area contributed by atoms with E-state index in [1.807, 2.05) is 42.2 Å². The zero-order valence-electron chi connectivity index (χ0n) is 16.7. The van der Waals surface area contributed by atoms with Gasteiger partial charge in [-0.2, -0.15) is 0 Å². The van der Waals surface area contributed by atoms with Crippen molar-refractivity contribution in [1.82, 2.24) is 9.88 Å². The molecule has 0 spiro atoms. The van der Waals surface area contributed by atoms with E-state index in [1.54, 1.807) is 12.3 Å². The minimum absolute atomic E-state index is 0.00621. The molecule has 3 heterocycles. The van der Waals surface area contributed by atoms with E-state index in [0.717, 1.165) is 52.8 Å². The Morgan fingerprint density at radius 2 is 1.83 bits per heavy atom. The molecule has 7 heteroatoms. The molecule has 2 amide bonds. The van der Waals surface area contributed by atoms with E-state index in [-0.39, 0.29) is 11.8 Å². The van der Waals surface area contributed by atoms with Gasteiger partial charge in [-0.3, -0.25) is 14.6 Å². The summed E-state index contributed by atoms with van der Waals surface area (Å²) in [6.07, 6.45) is 6.34. The second-order valence-electron chi connectivity index (χ2n) is 7.33. The lowest BCUT2D eigenvalue weighted by molar-refractivity contribution is 0.0725. The number of thiophene rings is 1. The molecule has 30 heavy (non-hydrogen) atoms. The van der Waals surface area contributed by atoms with Gasteiger partial charge in [0.05, 0.1) is 11.1 Å². The maximum absolute atomic E-state index is 13.4. The van der Waals surface area contributed by atoms with Crippen LogP contribution >= 0.6 is 27.3 Å². The van der Waals surface area contributed by atoms with Gasteiger partial charge in [0, 0.05) is 34.8 Å². The number of halogens is 1. The van der Waals surface area contributed by atoms with E-state index in [9.17, 15) is 9.59 Å². The second kappa shape index (κ2) is 9.10. The monoisotopic (exact) mass is 483 g/mol. The summed E-state index contributed by atoms with van der Waals surface area (Å²) in [5, 5.41) is 3.57. The Kier molecular flexibility index (Phi) is 6.29. The van der Waals surface area contributed by atoms with Gasteiger partial charge in [0.25, 0.3) is 11.8 Å². The molecule has 0 atom stereocenters. The van der Waals surface area contributed by atoms with Crippen molar-refractivity contribution in [2.75, 3.05) is 18.4 Å². The number of anilines is 1. The number of carbonyl (C=O) groups is 2. The van der Waals surface area contributed by atoms with Crippen molar-refractivity contribution in [3.05, 3.63) is 70.0 Å². The van der Waals surface area contributed by atoms with E-state index in [4.69, 9.17) is 0 Å². The molecular weight excluding hydrogens is 462 g/mol. The highest BCUT2D eigenvalue weighted by molar-refractivity contribution is 9.10. The average Bonchev–Trinajstić information content (AvgIpc) is 3.10. The minimum Gasteiger partial charge on any atom is -0.339 e. The van der Waals surface area contributed by atoms with Crippen LogP contribution in [0, 0.1) is 6.92 Å². The van der Waals surface area contributed by atoms with Crippen LogP contribution in [-0.4, -0.2) is 34.8 Å². The van der Waals surface area contributed by atoms with Crippen molar-refractivity contribution in [3.8, 4) is 10.4 Å². The molecule has 5 nitrogen and oxygen atoms in total. The largest absolute Gasteiger partial charge is 0.339 e. The molecule has 0 aliphatic carbocycles. The van der Waals surface area contributed by atoms with Gasteiger partial charge in [0.2, 0.25) is 0 Å². The lowest BCUT2D eigenvalue weighted by Crippen LogP contribution is -2.36. The van der Waals surface area contributed by atoms with Gasteiger partial charge in [-0.1, -0.05) is 30.3 Å². The highest BCUT2D eigenvalue weighted by Gasteiger charge is 2.28. The number of benzene rings is 1. The van der Waals surface area contributed by atoms with Crippen LogP contribution in [0.3, 0.4) is 0 Å². The standard InChI is InChI=1S/C23H22BrN3O2S/c1-15-19(23(29)27-10-6-3-7-11-27)22(30-20(15)16-8-4-2-5-9-16)26-21(28)17-12-18(24)14-25-13-17/h2,4-5,8-9,12-14H,3,6-7,10-11H2,1H3,(H,26,28). The van der Waals surface area contributed by atoms with Crippen molar-refractivity contribution in [2.24, 2.45) is 0 Å². The first-order valence-corrected chi connectivity index (χ1v) is 11.6. The quantitative estimate of drug-likeness (QED) is 0.512. The molecule has 1 aliphatic heterocycles. The minimum atomic E-state index is -0.280. The van der Waals surface area contributed by atoms with Gasteiger partial charge in [-0.25, -0.2) is 0 Å². The Bertz CT molecular complexity index is 1080. The SMILES string of the molecule is Cc1c(-c2ccccc2)sc(NC(=O)c2cncc(Br)c2)c1C(=O)N1CCCCC1. The molecule has 0 radical (unpaired) electrons. The van der Waals surface area contributed by atoms with E-state index in [1.165, 1.54) is 17.5 Å². The normalized spacial score (nSPS) is 13.9. The fraction of sp³-hybridized carbons (Fsp3) is 0.261. The number of carbonyl (C=O) groups excluding carboxylic acids is 2. The summed E-state index contributed by atoms with van der Waals surface area (Å²) in [5.41, 5.74) is 2.98. The van der Waals surface area contributed by atoms with Gasteiger partial charge < -0.3 is 10.2 Å². The fourth-order valence-electron chi connectivity index (χ4n) is 3.69. The Morgan fingerprint density at radius 1 is 1.10 bits per heavy atom. The predicted octanol–water partition coefficient (Wildman–Crippen LogP) is 5.76. The molecule has 0 saturated carbocycles. The number of nitrogens with zero attached hydrogens (tertiary/aromatic N) is 2. The maximum atomic E-state index is 13.4. The fourth-order valence-corrected chi connectivity index (χ4v) is 5.25. The zero-order valence-corrected chi connectivity index (χ0v) is 19.1. The lowest BCUT2D eigenvalue weighted by atomic mass is 10.0. The van der Waals surface area contributed by atoms with Gasteiger partial charge in [0.1, 0.15) is 5.00 Å². The summed E-state index contributed by atoms with van der Waals surface area (Å²) >= 11 is 4.80. The highest BCUT2D eigenvalue weighted by Crippen LogP contribution is 2.41. The van der Waals surface area contributed by atoms with E-state index in [0.29, 0.717) is 16.1 Å². The number of rotatable bonds is 4. The smallest absolute Gasteiger partial charge is 0.257 e. The molecule has 1 fully saturated rings. The molecule has 2 aromatic heterocycles. The third-order valence-electron chi connectivity index (χ3n) is 5.23. The van der Waals surface area contributed by atoms with Crippen molar-refractivity contribution >= 4 is 44.1 Å². The Labute approximate surface area is 188 Å². The van der Waals surface area contributed by atoms with Crippen LogP contribution in [0.15, 0.2) is 53.3 Å². The predicted molar refractivity (Wildman–Crippen MR) is 124 cm³/mol. The first-order valence-electron chi connectivity index (χ1n) is 9.94. The molecule has 1 aliphatic rings. The van der Waals surface area contributed by atoms with Crippen LogP contribution in [0.5, 0.6) is 0 Å². The van der Waals surface area contributed by atoms with Crippen LogP contribution in [0.1, 0.15) is 45.5 Å². The Balaban J connectivity index is 1.73. The molecule has 0 unspecified atom stereocenters. The maximum Gasteiger partial charge on any atom is 0.257 e. The highest BCUT2D eigenvalue weighted by atomic mass is 79.9. The van der Waals surface area contributed by atoms with E-state index >= 15 is 0 Å². The van der Waals surface area contributed by atoms with Gasteiger partial charge >= 0.3 is 0 Å². The molecule has 154 valence electrons. The zero-order chi connectivity index (χ0) is 21.1. The molecule has 1 aromatic carbocycles. The third-order valence-corrected chi connectivity index (χ3v) is 6.92. The van der Waals surface area contributed by atoms with E-state index in [2.05, 4.69) is 26.2 Å². The summed E-state index contributed by atoms with van der Waals surface area (Å²) in [4.78, 5) is 33.3. The number of amides is 2. The summed E-state index contributed by atoms with van der Waals surface area (Å²) in [5.74, 6) is -0.286.